The fraction of sp³-hybridized carbons (Fsp3) is 0.385. The highest BCUT2D eigenvalue weighted by molar-refractivity contribution is 5.92. The molecule has 0 aliphatic carbocycles. The highest BCUT2D eigenvalue weighted by Crippen LogP contribution is 2.11. The van der Waals surface area contributed by atoms with Crippen molar-refractivity contribution in [2.45, 2.75) is 19.0 Å². The number of nitrogens with zero attached hydrogens (tertiary/aromatic N) is 4. The third-order valence-electron chi connectivity index (χ3n) is 3.36. The smallest absolute Gasteiger partial charge is 0.273 e. The van der Waals surface area contributed by atoms with Crippen LogP contribution >= 0.6 is 0 Å². The minimum absolute atomic E-state index is 0.167. The maximum absolute atomic E-state index is 12.1. The summed E-state index contributed by atoms with van der Waals surface area (Å²) in [6.45, 7) is 3.63. The van der Waals surface area contributed by atoms with Gasteiger partial charge in [0.2, 0.25) is 0 Å². The Kier molecular flexibility index (Phi) is 3.42. The molecule has 1 amide bonds. The van der Waals surface area contributed by atoms with E-state index < -0.39 is 0 Å². The summed E-state index contributed by atoms with van der Waals surface area (Å²) in [5, 5.41) is 13.9. The van der Waals surface area contributed by atoms with Crippen LogP contribution in [0.2, 0.25) is 0 Å². The van der Waals surface area contributed by atoms with E-state index in [2.05, 4.69) is 25.9 Å². The van der Waals surface area contributed by atoms with E-state index in [1.54, 1.807) is 17.1 Å². The lowest BCUT2D eigenvalue weighted by molar-refractivity contribution is 0.0934. The summed E-state index contributed by atoms with van der Waals surface area (Å²) in [4.78, 5) is 16.3. The van der Waals surface area contributed by atoms with Crippen LogP contribution in [0.15, 0.2) is 30.6 Å². The Morgan fingerprint density at radius 3 is 3.00 bits per heavy atom. The molecule has 1 aliphatic heterocycles. The first-order valence-corrected chi connectivity index (χ1v) is 6.58. The van der Waals surface area contributed by atoms with Gasteiger partial charge in [-0.15, -0.1) is 5.10 Å². The van der Waals surface area contributed by atoms with Gasteiger partial charge in [-0.05, 0) is 19.1 Å². The fourth-order valence-electron chi connectivity index (χ4n) is 2.00. The van der Waals surface area contributed by atoms with E-state index in [0.29, 0.717) is 11.7 Å². The van der Waals surface area contributed by atoms with Gasteiger partial charge in [-0.2, -0.15) is 0 Å². The molecule has 0 spiro atoms. The van der Waals surface area contributed by atoms with Gasteiger partial charge in [0.05, 0.1) is 24.0 Å². The zero-order valence-corrected chi connectivity index (χ0v) is 11.2. The van der Waals surface area contributed by atoms with Gasteiger partial charge in [0.1, 0.15) is 0 Å². The molecule has 104 valence electrons. The molecule has 3 heterocycles. The second-order valence-corrected chi connectivity index (χ2v) is 4.85. The number of rotatable bonds is 4. The summed E-state index contributed by atoms with van der Waals surface area (Å²) >= 11 is 0. The summed E-state index contributed by atoms with van der Waals surface area (Å²) in [6, 6.07) is 5.75. The van der Waals surface area contributed by atoms with Crippen LogP contribution in [0.5, 0.6) is 0 Å². The molecule has 3 rings (SSSR count). The zero-order valence-electron chi connectivity index (χ0n) is 11.2. The largest absolute Gasteiger partial charge is 0.342 e. The molecule has 1 aliphatic rings. The van der Waals surface area contributed by atoms with Gasteiger partial charge < -0.3 is 10.6 Å². The average Bonchev–Trinajstić information content (AvgIpc) is 2.87. The minimum atomic E-state index is -0.235. The summed E-state index contributed by atoms with van der Waals surface area (Å²) in [7, 11) is 0. The predicted octanol–water partition coefficient (Wildman–Crippen LogP) is 0.308. The monoisotopic (exact) mass is 272 g/mol. The standard InChI is InChI=1S/C13H16N6O/c1-9(11-4-2-3-5-15-11)16-13(20)12-8-19(18-17-12)10-6-14-7-10/h2-5,8-10,14H,6-7H2,1H3,(H,16,20). The summed E-state index contributed by atoms with van der Waals surface area (Å²) < 4.78 is 1.73. The number of carbonyl (C=O) groups is 1. The van der Waals surface area contributed by atoms with Crippen molar-refractivity contribution < 1.29 is 4.79 Å². The number of hydrogen-bond acceptors (Lipinski definition) is 5. The Hall–Kier alpha value is -2.28. The number of hydrogen-bond donors (Lipinski definition) is 2. The topological polar surface area (TPSA) is 84.7 Å². The number of aromatic nitrogens is 4. The van der Waals surface area contributed by atoms with Gasteiger partial charge in [0.25, 0.3) is 5.91 Å². The molecular formula is C13H16N6O. The van der Waals surface area contributed by atoms with Crippen LogP contribution < -0.4 is 10.6 Å². The first kappa shape index (κ1) is 12.7. The minimum Gasteiger partial charge on any atom is -0.342 e. The van der Waals surface area contributed by atoms with Gasteiger partial charge in [-0.1, -0.05) is 11.3 Å². The van der Waals surface area contributed by atoms with Crippen LogP contribution in [0, 0.1) is 0 Å². The van der Waals surface area contributed by atoms with Crippen molar-refractivity contribution >= 4 is 5.91 Å². The summed E-state index contributed by atoms with van der Waals surface area (Å²) in [6.07, 6.45) is 3.39. The maximum atomic E-state index is 12.1. The van der Waals surface area contributed by atoms with E-state index in [1.807, 2.05) is 25.1 Å². The Labute approximate surface area is 116 Å². The van der Waals surface area contributed by atoms with Crippen molar-refractivity contribution in [2.24, 2.45) is 0 Å². The summed E-state index contributed by atoms with van der Waals surface area (Å²) in [5.74, 6) is -0.235. The molecule has 0 bridgehead atoms. The van der Waals surface area contributed by atoms with E-state index in [9.17, 15) is 4.79 Å². The number of amides is 1. The molecule has 1 fully saturated rings. The van der Waals surface area contributed by atoms with Crippen LogP contribution in [0.4, 0.5) is 0 Å². The highest BCUT2D eigenvalue weighted by Gasteiger charge is 2.22. The van der Waals surface area contributed by atoms with E-state index >= 15 is 0 Å². The van der Waals surface area contributed by atoms with Crippen LogP contribution in [0.3, 0.4) is 0 Å². The Bertz CT molecular complexity index is 592. The molecular weight excluding hydrogens is 256 g/mol. The molecule has 1 atom stereocenters. The number of carbonyl (C=O) groups excluding carboxylic acids is 1. The Morgan fingerprint density at radius 1 is 1.50 bits per heavy atom. The molecule has 0 radical (unpaired) electrons. The molecule has 1 saturated heterocycles. The van der Waals surface area contributed by atoms with Gasteiger partial charge in [0, 0.05) is 19.3 Å². The SMILES string of the molecule is CC(NC(=O)c1cn(C2CNC2)nn1)c1ccccn1. The van der Waals surface area contributed by atoms with Crippen molar-refractivity contribution in [2.75, 3.05) is 13.1 Å². The molecule has 7 nitrogen and oxygen atoms in total. The van der Waals surface area contributed by atoms with Crippen LogP contribution in [0.1, 0.15) is 35.2 Å². The first-order valence-electron chi connectivity index (χ1n) is 6.58. The van der Waals surface area contributed by atoms with E-state index in [-0.39, 0.29) is 11.9 Å². The Morgan fingerprint density at radius 2 is 2.35 bits per heavy atom. The van der Waals surface area contributed by atoms with Crippen LogP contribution in [-0.4, -0.2) is 39.0 Å². The highest BCUT2D eigenvalue weighted by atomic mass is 16.2. The van der Waals surface area contributed by atoms with Crippen molar-refractivity contribution in [3.8, 4) is 0 Å². The maximum Gasteiger partial charge on any atom is 0.273 e. The molecule has 2 N–H and O–H groups in total. The van der Waals surface area contributed by atoms with Crippen molar-refractivity contribution in [3.63, 3.8) is 0 Å². The van der Waals surface area contributed by atoms with Crippen LogP contribution in [-0.2, 0) is 0 Å². The molecule has 2 aromatic heterocycles. The lowest BCUT2D eigenvalue weighted by atomic mass is 10.2. The molecule has 7 heteroatoms. The lowest BCUT2D eigenvalue weighted by Crippen LogP contribution is -2.43. The number of pyridine rings is 1. The normalized spacial score (nSPS) is 16.4. The molecule has 20 heavy (non-hydrogen) atoms. The predicted molar refractivity (Wildman–Crippen MR) is 72.0 cm³/mol. The lowest BCUT2D eigenvalue weighted by Gasteiger charge is -2.26. The van der Waals surface area contributed by atoms with Gasteiger partial charge in [-0.3, -0.25) is 9.78 Å². The van der Waals surface area contributed by atoms with Gasteiger partial charge in [-0.25, -0.2) is 4.68 Å². The Balaban J connectivity index is 1.65. The van der Waals surface area contributed by atoms with E-state index in [0.717, 1.165) is 18.8 Å². The summed E-state index contributed by atoms with van der Waals surface area (Å²) in [5.41, 5.74) is 1.15. The zero-order chi connectivity index (χ0) is 13.9. The van der Waals surface area contributed by atoms with Gasteiger partial charge in [0.15, 0.2) is 5.69 Å². The second-order valence-electron chi connectivity index (χ2n) is 4.85. The third kappa shape index (κ3) is 2.53. The van der Waals surface area contributed by atoms with Crippen LogP contribution in [0.25, 0.3) is 0 Å². The fourth-order valence-corrected chi connectivity index (χ4v) is 2.00. The molecule has 1 unspecified atom stereocenters. The second kappa shape index (κ2) is 5.38. The van der Waals surface area contributed by atoms with E-state index in [1.165, 1.54) is 0 Å². The first-order chi connectivity index (χ1) is 9.74. The third-order valence-corrected chi connectivity index (χ3v) is 3.36. The molecule has 0 aromatic carbocycles. The molecule has 2 aromatic rings. The number of nitrogens with one attached hydrogen (secondary N) is 2. The van der Waals surface area contributed by atoms with Crippen molar-refractivity contribution in [1.29, 1.82) is 0 Å². The quantitative estimate of drug-likeness (QED) is 0.836. The molecule has 0 saturated carbocycles. The van der Waals surface area contributed by atoms with Crippen molar-refractivity contribution in [1.82, 2.24) is 30.6 Å². The van der Waals surface area contributed by atoms with Crippen molar-refractivity contribution in [3.05, 3.63) is 42.0 Å². The van der Waals surface area contributed by atoms with E-state index in [4.69, 9.17) is 0 Å². The van der Waals surface area contributed by atoms with Gasteiger partial charge >= 0.3 is 0 Å². The average molecular weight is 272 g/mol.